The molecule has 80 valence electrons. The van der Waals surface area contributed by atoms with Crippen LogP contribution < -0.4 is 5.32 Å². The summed E-state index contributed by atoms with van der Waals surface area (Å²) < 4.78 is 4.89. The molecule has 0 aliphatic heterocycles. The molecule has 0 saturated heterocycles. The molecule has 0 spiro atoms. The Balaban J connectivity index is 0.000000252. The van der Waals surface area contributed by atoms with Crippen molar-refractivity contribution in [1.29, 1.82) is 0 Å². The standard InChI is InChI=1S/C7H15N.C3H10OSi/c1-8-7-5-3-2-4-6-7;1-3(2)4-5/h7-8H,2-6H2,1H3;3H,1-2,5H3. The Hall–Kier alpha value is 0.137. The highest BCUT2D eigenvalue weighted by Crippen LogP contribution is 2.16. The second-order valence-electron chi connectivity index (χ2n) is 3.91. The monoisotopic (exact) mass is 203 g/mol. The van der Waals surface area contributed by atoms with Crippen molar-refractivity contribution in [2.24, 2.45) is 0 Å². The van der Waals surface area contributed by atoms with E-state index in [0.717, 1.165) is 16.5 Å². The van der Waals surface area contributed by atoms with E-state index in [4.69, 9.17) is 4.43 Å². The zero-order valence-corrected chi connectivity index (χ0v) is 11.6. The van der Waals surface area contributed by atoms with Crippen molar-refractivity contribution in [2.45, 2.75) is 58.1 Å². The first-order valence-electron chi connectivity index (χ1n) is 5.40. The molecule has 0 bridgehead atoms. The molecular formula is C10H25NOSi. The van der Waals surface area contributed by atoms with Crippen LogP contribution >= 0.6 is 0 Å². The first-order chi connectivity index (χ1) is 6.20. The van der Waals surface area contributed by atoms with Crippen LogP contribution in [0.2, 0.25) is 0 Å². The van der Waals surface area contributed by atoms with Gasteiger partial charge < -0.3 is 9.74 Å². The highest BCUT2D eigenvalue weighted by Gasteiger charge is 2.09. The maximum atomic E-state index is 4.89. The summed E-state index contributed by atoms with van der Waals surface area (Å²) in [6.07, 6.45) is 7.57. The van der Waals surface area contributed by atoms with Crippen LogP contribution in [-0.4, -0.2) is 29.7 Å². The van der Waals surface area contributed by atoms with E-state index in [1.54, 1.807) is 0 Å². The fourth-order valence-electron chi connectivity index (χ4n) is 1.39. The van der Waals surface area contributed by atoms with Crippen LogP contribution in [0.4, 0.5) is 0 Å². The van der Waals surface area contributed by atoms with Crippen molar-refractivity contribution >= 4 is 10.5 Å². The van der Waals surface area contributed by atoms with Crippen LogP contribution in [-0.2, 0) is 4.43 Å². The van der Waals surface area contributed by atoms with Crippen molar-refractivity contribution < 1.29 is 4.43 Å². The predicted octanol–water partition coefficient (Wildman–Crippen LogP) is 1.23. The second kappa shape index (κ2) is 8.72. The van der Waals surface area contributed by atoms with E-state index in [-0.39, 0.29) is 0 Å². The van der Waals surface area contributed by atoms with Gasteiger partial charge in [0, 0.05) is 12.1 Å². The lowest BCUT2D eigenvalue weighted by Gasteiger charge is -2.20. The average molecular weight is 203 g/mol. The molecule has 1 aliphatic rings. The van der Waals surface area contributed by atoms with Gasteiger partial charge in [-0.3, -0.25) is 0 Å². The summed E-state index contributed by atoms with van der Waals surface area (Å²) in [6, 6.07) is 0.837. The van der Waals surface area contributed by atoms with Crippen molar-refractivity contribution in [1.82, 2.24) is 5.32 Å². The molecule has 2 nitrogen and oxygen atoms in total. The Bertz CT molecular complexity index is 103. The molecule has 0 atom stereocenters. The first kappa shape index (κ1) is 13.1. The number of hydrogen-bond donors (Lipinski definition) is 1. The molecule has 1 aliphatic carbocycles. The molecule has 1 rings (SSSR count). The lowest BCUT2D eigenvalue weighted by atomic mass is 9.96. The molecule has 3 heteroatoms. The maximum Gasteiger partial charge on any atom is 0.146 e. The highest BCUT2D eigenvalue weighted by atomic mass is 28.2. The van der Waals surface area contributed by atoms with Gasteiger partial charge in [0.1, 0.15) is 10.5 Å². The summed E-state index contributed by atoms with van der Waals surface area (Å²) in [4.78, 5) is 0. The van der Waals surface area contributed by atoms with Gasteiger partial charge in [-0.1, -0.05) is 19.3 Å². The lowest BCUT2D eigenvalue weighted by Crippen LogP contribution is -2.26. The molecular weight excluding hydrogens is 178 g/mol. The maximum absolute atomic E-state index is 4.89. The first-order valence-corrected chi connectivity index (χ1v) is 6.22. The Labute approximate surface area is 86.0 Å². The molecule has 1 fully saturated rings. The third-order valence-corrected chi connectivity index (χ3v) is 3.43. The summed E-state index contributed by atoms with van der Waals surface area (Å²) in [7, 11) is 2.94. The molecule has 0 aromatic carbocycles. The van der Waals surface area contributed by atoms with E-state index in [9.17, 15) is 0 Å². The van der Waals surface area contributed by atoms with Gasteiger partial charge in [0.2, 0.25) is 0 Å². The quantitative estimate of drug-likeness (QED) is 0.682. The molecule has 0 aromatic heterocycles. The number of rotatable bonds is 2. The minimum absolute atomic E-state index is 0.446. The smallest absolute Gasteiger partial charge is 0.146 e. The van der Waals surface area contributed by atoms with Gasteiger partial charge in [0.05, 0.1) is 0 Å². The molecule has 1 N–H and O–H groups in total. The van der Waals surface area contributed by atoms with E-state index >= 15 is 0 Å². The summed E-state index contributed by atoms with van der Waals surface area (Å²) in [5.74, 6) is 0. The van der Waals surface area contributed by atoms with Crippen molar-refractivity contribution in [2.75, 3.05) is 7.05 Å². The van der Waals surface area contributed by atoms with Gasteiger partial charge >= 0.3 is 0 Å². The lowest BCUT2D eigenvalue weighted by molar-refractivity contribution is 0.267. The molecule has 1 saturated carbocycles. The normalized spacial score (nSPS) is 18.5. The van der Waals surface area contributed by atoms with Gasteiger partial charge in [-0.25, -0.2) is 0 Å². The molecule has 0 radical (unpaired) electrons. The van der Waals surface area contributed by atoms with E-state index < -0.39 is 0 Å². The average Bonchev–Trinajstić information content (AvgIpc) is 2.20. The third-order valence-electron chi connectivity index (χ3n) is 2.48. The molecule has 0 aromatic rings. The van der Waals surface area contributed by atoms with Gasteiger partial charge in [-0.05, 0) is 33.7 Å². The zero-order valence-electron chi connectivity index (χ0n) is 9.60. The van der Waals surface area contributed by atoms with Crippen LogP contribution in [0.25, 0.3) is 0 Å². The van der Waals surface area contributed by atoms with Crippen molar-refractivity contribution in [3.63, 3.8) is 0 Å². The van der Waals surface area contributed by atoms with E-state index in [1.807, 2.05) is 13.8 Å². The van der Waals surface area contributed by atoms with Crippen LogP contribution in [0.3, 0.4) is 0 Å². The van der Waals surface area contributed by atoms with Gasteiger partial charge in [-0.2, -0.15) is 0 Å². The molecule has 13 heavy (non-hydrogen) atoms. The Morgan fingerprint density at radius 1 is 1.23 bits per heavy atom. The van der Waals surface area contributed by atoms with E-state index in [2.05, 4.69) is 12.4 Å². The summed E-state index contributed by atoms with van der Waals surface area (Å²) in [5.41, 5.74) is 0. The van der Waals surface area contributed by atoms with Gasteiger partial charge in [0.15, 0.2) is 0 Å². The highest BCUT2D eigenvalue weighted by molar-refractivity contribution is 5.98. The zero-order chi connectivity index (χ0) is 10.1. The van der Waals surface area contributed by atoms with E-state index in [1.165, 1.54) is 32.1 Å². The summed E-state index contributed by atoms with van der Waals surface area (Å²) in [6.45, 7) is 4.07. The number of nitrogens with one attached hydrogen (secondary N) is 1. The number of hydrogen-bond acceptors (Lipinski definition) is 2. The Morgan fingerprint density at radius 2 is 1.69 bits per heavy atom. The van der Waals surface area contributed by atoms with Gasteiger partial charge in [-0.15, -0.1) is 0 Å². The van der Waals surface area contributed by atoms with Gasteiger partial charge in [0.25, 0.3) is 0 Å². The van der Waals surface area contributed by atoms with Crippen LogP contribution in [0, 0.1) is 0 Å². The minimum atomic E-state index is 0.446. The minimum Gasteiger partial charge on any atom is -0.426 e. The summed E-state index contributed by atoms with van der Waals surface area (Å²) >= 11 is 0. The second-order valence-corrected chi connectivity index (χ2v) is 4.38. The Morgan fingerprint density at radius 3 is 1.92 bits per heavy atom. The van der Waals surface area contributed by atoms with Crippen LogP contribution in [0.15, 0.2) is 0 Å². The van der Waals surface area contributed by atoms with Crippen molar-refractivity contribution in [3.05, 3.63) is 0 Å². The fraction of sp³-hybridized carbons (Fsp3) is 1.00. The van der Waals surface area contributed by atoms with Crippen LogP contribution in [0.5, 0.6) is 0 Å². The fourth-order valence-corrected chi connectivity index (χ4v) is 1.39. The largest absolute Gasteiger partial charge is 0.426 e. The topological polar surface area (TPSA) is 21.3 Å². The predicted molar refractivity (Wildman–Crippen MR) is 62.1 cm³/mol. The Kier molecular flexibility index (Phi) is 8.81. The SMILES string of the molecule is CC(C)O[SiH3].CNC1CCCCC1. The van der Waals surface area contributed by atoms with E-state index in [0.29, 0.717) is 6.10 Å². The molecule has 0 amide bonds. The third kappa shape index (κ3) is 8.47. The molecule has 0 heterocycles. The molecule has 0 unspecified atom stereocenters. The van der Waals surface area contributed by atoms with Crippen LogP contribution in [0.1, 0.15) is 46.0 Å². The summed E-state index contributed by atoms with van der Waals surface area (Å²) in [5, 5.41) is 3.30. The van der Waals surface area contributed by atoms with Crippen molar-refractivity contribution in [3.8, 4) is 0 Å².